The second kappa shape index (κ2) is 7.77. The van der Waals surface area contributed by atoms with Crippen LogP contribution in [0.4, 0.5) is 0 Å². The number of hydrogen-bond donors (Lipinski definition) is 2. The Morgan fingerprint density at radius 1 is 1.22 bits per heavy atom. The predicted molar refractivity (Wildman–Crippen MR) is 96.9 cm³/mol. The van der Waals surface area contributed by atoms with E-state index >= 15 is 0 Å². The standard InChI is InChI=1S/C19H23N3O5/c1-11(18(25)26)20-16(23)13-8-6-12(7-9-13)10-22-17(24)14-4-2-3-5-15(14)21-19(22)27/h2-5,11-13H,6-10H2,1H3,(H,20,23)(H,21,27)(H,25,26)/p-1/t11-,12?,13?/m0/s1. The second-order valence-corrected chi connectivity index (χ2v) is 7.16. The lowest BCUT2D eigenvalue weighted by Gasteiger charge is -2.29. The third-order valence-corrected chi connectivity index (χ3v) is 5.26. The van der Waals surface area contributed by atoms with Crippen molar-refractivity contribution in [1.29, 1.82) is 0 Å². The van der Waals surface area contributed by atoms with Gasteiger partial charge in [0.25, 0.3) is 5.56 Å². The molecule has 3 rings (SSSR count). The van der Waals surface area contributed by atoms with Gasteiger partial charge in [-0.1, -0.05) is 12.1 Å². The zero-order valence-electron chi connectivity index (χ0n) is 15.1. The molecule has 2 N–H and O–H groups in total. The molecule has 0 aliphatic heterocycles. The molecule has 1 heterocycles. The lowest BCUT2D eigenvalue weighted by molar-refractivity contribution is -0.307. The minimum absolute atomic E-state index is 0.118. The number of H-pyrrole nitrogens is 1. The lowest BCUT2D eigenvalue weighted by Crippen LogP contribution is -2.48. The van der Waals surface area contributed by atoms with Gasteiger partial charge >= 0.3 is 5.69 Å². The van der Waals surface area contributed by atoms with E-state index in [1.54, 1.807) is 24.3 Å². The predicted octanol–water partition coefficient (Wildman–Crippen LogP) is -0.249. The molecule has 1 fully saturated rings. The Morgan fingerprint density at radius 2 is 1.89 bits per heavy atom. The number of rotatable bonds is 5. The largest absolute Gasteiger partial charge is 0.548 e. The molecule has 2 aromatic rings. The monoisotopic (exact) mass is 372 g/mol. The summed E-state index contributed by atoms with van der Waals surface area (Å²) in [5.41, 5.74) is -0.218. The van der Waals surface area contributed by atoms with Crippen LogP contribution in [0.3, 0.4) is 0 Å². The molecule has 0 saturated heterocycles. The third-order valence-electron chi connectivity index (χ3n) is 5.26. The topological polar surface area (TPSA) is 124 Å². The fourth-order valence-electron chi connectivity index (χ4n) is 3.62. The van der Waals surface area contributed by atoms with Crippen LogP contribution >= 0.6 is 0 Å². The Balaban J connectivity index is 1.65. The molecule has 1 amide bonds. The summed E-state index contributed by atoms with van der Waals surface area (Å²) in [5.74, 6) is -1.74. The van der Waals surface area contributed by atoms with Crippen molar-refractivity contribution < 1.29 is 14.7 Å². The number of carboxylic acid groups (broad SMARTS) is 1. The van der Waals surface area contributed by atoms with Gasteiger partial charge in [-0.3, -0.25) is 14.2 Å². The van der Waals surface area contributed by atoms with Gasteiger partial charge < -0.3 is 20.2 Å². The number of carbonyl (C=O) groups excluding carboxylic acids is 2. The molecule has 1 aliphatic carbocycles. The van der Waals surface area contributed by atoms with E-state index in [0.29, 0.717) is 43.1 Å². The van der Waals surface area contributed by atoms with Gasteiger partial charge in [-0.25, -0.2) is 4.79 Å². The van der Waals surface area contributed by atoms with Crippen molar-refractivity contribution in [1.82, 2.24) is 14.9 Å². The van der Waals surface area contributed by atoms with E-state index in [-0.39, 0.29) is 23.3 Å². The number of benzene rings is 1. The summed E-state index contributed by atoms with van der Waals surface area (Å²) in [6, 6.07) is 5.87. The molecular weight excluding hydrogens is 350 g/mol. The van der Waals surface area contributed by atoms with Crippen LogP contribution in [0, 0.1) is 11.8 Å². The van der Waals surface area contributed by atoms with Gasteiger partial charge in [0.2, 0.25) is 5.91 Å². The highest BCUT2D eigenvalue weighted by molar-refractivity contribution is 5.84. The first-order chi connectivity index (χ1) is 12.9. The summed E-state index contributed by atoms with van der Waals surface area (Å²) in [4.78, 5) is 50.5. The zero-order valence-corrected chi connectivity index (χ0v) is 15.1. The number of nitrogens with zero attached hydrogens (tertiary/aromatic N) is 1. The number of aliphatic carboxylic acids is 1. The van der Waals surface area contributed by atoms with Crippen molar-refractivity contribution >= 4 is 22.8 Å². The first-order valence-electron chi connectivity index (χ1n) is 9.10. The minimum atomic E-state index is -1.31. The van der Waals surface area contributed by atoms with Crippen molar-refractivity contribution in [2.45, 2.75) is 45.2 Å². The molecule has 1 aromatic heterocycles. The van der Waals surface area contributed by atoms with Crippen molar-refractivity contribution in [2.24, 2.45) is 11.8 Å². The van der Waals surface area contributed by atoms with Crippen molar-refractivity contribution in [2.75, 3.05) is 0 Å². The summed E-state index contributed by atoms with van der Waals surface area (Å²) < 4.78 is 1.23. The van der Waals surface area contributed by atoms with E-state index in [2.05, 4.69) is 10.3 Å². The second-order valence-electron chi connectivity index (χ2n) is 7.16. The molecular formula is C19H22N3O5-. The van der Waals surface area contributed by atoms with E-state index in [0.717, 1.165) is 0 Å². The molecule has 27 heavy (non-hydrogen) atoms. The molecule has 1 atom stereocenters. The van der Waals surface area contributed by atoms with Crippen LogP contribution in [0.2, 0.25) is 0 Å². The fraction of sp³-hybridized carbons (Fsp3) is 0.474. The molecule has 1 saturated carbocycles. The van der Waals surface area contributed by atoms with Gasteiger partial charge in [0.15, 0.2) is 0 Å². The Hall–Kier alpha value is -2.90. The van der Waals surface area contributed by atoms with E-state index in [9.17, 15) is 24.3 Å². The summed E-state index contributed by atoms with van der Waals surface area (Å²) in [7, 11) is 0. The molecule has 0 radical (unpaired) electrons. The number of hydrogen-bond acceptors (Lipinski definition) is 5. The van der Waals surface area contributed by atoms with Crippen molar-refractivity contribution in [3.8, 4) is 0 Å². The first-order valence-corrected chi connectivity index (χ1v) is 9.10. The molecule has 8 heteroatoms. The maximum Gasteiger partial charge on any atom is 0.328 e. The Morgan fingerprint density at radius 3 is 2.56 bits per heavy atom. The van der Waals surface area contributed by atoms with Gasteiger partial charge in [0, 0.05) is 12.5 Å². The molecule has 0 bridgehead atoms. The molecule has 8 nitrogen and oxygen atoms in total. The average Bonchev–Trinajstić information content (AvgIpc) is 2.65. The minimum Gasteiger partial charge on any atom is -0.548 e. The SMILES string of the molecule is C[C@H](NC(=O)C1CCC(Cn2c(=O)[nH]c3ccccc3c2=O)CC1)C(=O)[O-]. The molecule has 144 valence electrons. The van der Waals surface area contributed by atoms with Crippen LogP contribution in [0.1, 0.15) is 32.6 Å². The Bertz CT molecular complexity index is 969. The van der Waals surface area contributed by atoms with Crippen LogP contribution in [0.25, 0.3) is 10.9 Å². The van der Waals surface area contributed by atoms with Crippen molar-refractivity contribution in [3.63, 3.8) is 0 Å². The first kappa shape index (κ1) is 18.9. The summed E-state index contributed by atoms with van der Waals surface area (Å²) in [6.07, 6.45) is 2.57. The van der Waals surface area contributed by atoms with Crippen LogP contribution in [0.15, 0.2) is 33.9 Å². The molecule has 0 unspecified atom stereocenters. The highest BCUT2D eigenvalue weighted by Gasteiger charge is 2.28. The fourth-order valence-corrected chi connectivity index (χ4v) is 3.62. The number of carboxylic acids is 1. The van der Waals surface area contributed by atoms with Gasteiger partial charge in [-0.2, -0.15) is 0 Å². The van der Waals surface area contributed by atoms with Gasteiger partial charge in [-0.05, 0) is 50.7 Å². The van der Waals surface area contributed by atoms with Crippen LogP contribution in [-0.2, 0) is 16.1 Å². The van der Waals surface area contributed by atoms with E-state index in [1.165, 1.54) is 11.5 Å². The zero-order chi connectivity index (χ0) is 19.6. The average molecular weight is 372 g/mol. The van der Waals surface area contributed by atoms with Crippen LogP contribution < -0.4 is 21.7 Å². The van der Waals surface area contributed by atoms with Gasteiger partial charge in [-0.15, -0.1) is 0 Å². The number of nitrogens with one attached hydrogen (secondary N) is 2. The number of carbonyl (C=O) groups is 2. The van der Waals surface area contributed by atoms with Crippen LogP contribution in [-0.4, -0.2) is 27.5 Å². The quantitative estimate of drug-likeness (QED) is 0.749. The Kier molecular flexibility index (Phi) is 5.43. The van der Waals surface area contributed by atoms with E-state index in [4.69, 9.17) is 0 Å². The van der Waals surface area contributed by atoms with Crippen LogP contribution in [0.5, 0.6) is 0 Å². The highest BCUT2D eigenvalue weighted by Crippen LogP contribution is 2.29. The summed E-state index contributed by atoms with van der Waals surface area (Å²) in [6.45, 7) is 1.68. The Labute approximate surface area is 155 Å². The maximum atomic E-state index is 12.6. The molecule has 1 aliphatic rings. The number of aromatic nitrogens is 2. The maximum absolute atomic E-state index is 12.6. The summed E-state index contributed by atoms with van der Waals surface area (Å²) in [5, 5.41) is 13.7. The van der Waals surface area contributed by atoms with Gasteiger partial charge in [0.05, 0.1) is 22.9 Å². The van der Waals surface area contributed by atoms with Crippen molar-refractivity contribution in [3.05, 3.63) is 45.1 Å². The number of para-hydroxylation sites is 1. The van der Waals surface area contributed by atoms with E-state index < -0.39 is 17.7 Å². The van der Waals surface area contributed by atoms with E-state index in [1.807, 2.05) is 0 Å². The highest BCUT2D eigenvalue weighted by atomic mass is 16.4. The summed E-state index contributed by atoms with van der Waals surface area (Å²) >= 11 is 0. The normalized spacial score (nSPS) is 20.9. The smallest absolute Gasteiger partial charge is 0.328 e. The number of aromatic amines is 1. The number of amides is 1. The molecule has 0 spiro atoms. The number of fused-ring (bicyclic) bond motifs is 1. The third kappa shape index (κ3) is 4.10. The molecule has 1 aromatic carbocycles. The van der Waals surface area contributed by atoms with Gasteiger partial charge in [0.1, 0.15) is 0 Å². The lowest BCUT2D eigenvalue weighted by atomic mass is 9.81.